The number of rotatable bonds is 6. The highest BCUT2D eigenvalue weighted by atomic mass is 35.5. The molecule has 166 valence electrons. The Kier molecular flexibility index (Phi) is 6.87. The summed E-state index contributed by atoms with van der Waals surface area (Å²) in [5.74, 6) is 0.876. The summed E-state index contributed by atoms with van der Waals surface area (Å²) in [6.07, 6.45) is 0.272. The molecule has 1 aliphatic heterocycles. The highest BCUT2D eigenvalue weighted by molar-refractivity contribution is 6.31. The molecule has 1 fully saturated rings. The van der Waals surface area contributed by atoms with Crippen molar-refractivity contribution in [1.82, 2.24) is 15.0 Å². The molecule has 4 rings (SSSR count). The minimum Gasteiger partial charge on any atom is -0.360 e. The number of aryl methyl sites for hydroxylation is 1. The van der Waals surface area contributed by atoms with Crippen molar-refractivity contribution in [2.45, 2.75) is 19.4 Å². The van der Waals surface area contributed by atoms with Crippen LogP contribution in [0.1, 0.15) is 22.9 Å². The lowest BCUT2D eigenvalue weighted by Gasteiger charge is -2.38. The van der Waals surface area contributed by atoms with Crippen LogP contribution in [0.4, 0.5) is 5.82 Å². The number of carbonyl (C=O) groups excluding carboxylic acids is 2. The van der Waals surface area contributed by atoms with Crippen molar-refractivity contribution in [1.29, 1.82) is 0 Å². The molecule has 1 aromatic heterocycles. The normalized spacial score (nSPS) is 15.4. The fraction of sp³-hybridized carbons (Fsp3) is 0.292. The number of hydrogen-bond donors (Lipinski definition) is 1. The number of halogens is 1. The standard InChI is InChI=1S/C24H25ClN4O3/c1-17-15-21(27-32-17)26-24(31)23(18-7-3-2-4-8-18)29-13-11-28(12-14-29)22(30)16-19-9-5-6-10-20(19)25/h2-10,15,23H,11-14,16H2,1H3,(H,26,27,31). The van der Waals surface area contributed by atoms with Gasteiger partial charge in [0.25, 0.3) is 0 Å². The van der Waals surface area contributed by atoms with Gasteiger partial charge in [-0.1, -0.05) is 65.3 Å². The third kappa shape index (κ3) is 5.18. The molecule has 0 bridgehead atoms. The van der Waals surface area contributed by atoms with Gasteiger partial charge in [0.2, 0.25) is 11.8 Å². The SMILES string of the molecule is Cc1cc(NC(=O)C(c2ccccc2)N2CCN(C(=O)Cc3ccccc3Cl)CC2)no1. The van der Waals surface area contributed by atoms with Gasteiger partial charge < -0.3 is 14.7 Å². The van der Waals surface area contributed by atoms with Gasteiger partial charge in [-0.2, -0.15) is 0 Å². The van der Waals surface area contributed by atoms with E-state index >= 15 is 0 Å². The van der Waals surface area contributed by atoms with Crippen molar-refractivity contribution in [3.63, 3.8) is 0 Å². The summed E-state index contributed by atoms with van der Waals surface area (Å²) in [6, 6.07) is 18.2. The van der Waals surface area contributed by atoms with Crippen molar-refractivity contribution in [3.05, 3.63) is 82.6 Å². The smallest absolute Gasteiger partial charge is 0.247 e. The lowest BCUT2D eigenvalue weighted by Crippen LogP contribution is -2.52. The van der Waals surface area contributed by atoms with E-state index in [-0.39, 0.29) is 18.2 Å². The Morgan fingerprint density at radius 3 is 2.41 bits per heavy atom. The van der Waals surface area contributed by atoms with Crippen LogP contribution >= 0.6 is 11.6 Å². The van der Waals surface area contributed by atoms with Gasteiger partial charge in [-0.15, -0.1) is 0 Å². The van der Waals surface area contributed by atoms with Crippen molar-refractivity contribution in [2.24, 2.45) is 0 Å². The monoisotopic (exact) mass is 452 g/mol. The first-order chi connectivity index (χ1) is 15.5. The van der Waals surface area contributed by atoms with E-state index in [2.05, 4.69) is 15.4 Å². The number of aromatic nitrogens is 1. The van der Waals surface area contributed by atoms with E-state index in [4.69, 9.17) is 16.1 Å². The Morgan fingerprint density at radius 2 is 1.75 bits per heavy atom. The molecule has 0 spiro atoms. The third-order valence-corrected chi connectivity index (χ3v) is 5.94. The van der Waals surface area contributed by atoms with Crippen LogP contribution in [0.3, 0.4) is 0 Å². The molecule has 0 saturated carbocycles. The maximum Gasteiger partial charge on any atom is 0.247 e. The largest absolute Gasteiger partial charge is 0.360 e. The Hall–Kier alpha value is -3.16. The second kappa shape index (κ2) is 9.97. The van der Waals surface area contributed by atoms with Gasteiger partial charge in [-0.3, -0.25) is 14.5 Å². The van der Waals surface area contributed by atoms with Crippen LogP contribution in [0.15, 0.2) is 65.2 Å². The van der Waals surface area contributed by atoms with Crippen molar-refractivity contribution in [2.75, 3.05) is 31.5 Å². The first kappa shape index (κ1) is 22.0. The molecule has 2 amide bonds. The summed E-state index contributed by atoms with van der Waals surface area (Å²) >= 11 is 6.21. The molecule has 0 aliphatic carbocycles. The summed E-state index contributed by atoms with van der Waals surface area (Å²) in [6.45, 7) is 4.03. The van der Waals surface area contributed by atoms with Gasteiger partial charge in [0.15, 0.2) is 5.82 Å². The minimum atomic E-state index is -0.492. The fourth-order valence-corrected chi connectivity index (χ4v) is 4.13. The molecule has 1 N–H and O–H groups in total. The van der Waals surface area contributed by atoms with Crippen LogP contribution in [0.2, 0.25) is 5.02 Å². The van der Waals surface area contributed by atoms with Gasteiger partial charge in [0.1, 0.15) is 11.8 Å². The number of piperazine rings is 1. The van der Waals surface area contributed by atoms with Crippen molar-refractivity contribution >= 4 is 29.2 Å². The van der Waals surface area contributed by atoms with Crippen LogP contribution in [-0.4, -0.2) is 52.9 Å². The molecule has 1 aliphatic rings. The zero-order valence-corrected chi connectivity index (χ0v) is 18.6. The molecule has 1 atom stereocenters. The topological polar surface area (TPSA) is 78.7 Å². The average Bonchev–Trinajstić information content (AvgIpc) is 3.21. The quantitative estimate of drug-likeness (QED) is 0.617. The number of hydrogen-bond acceptors (Lipinski definition) is 5. The van der Waals surface area contributed by atoms with Crippen LogP contribution < -0.4 is 5.32 Å². The van der Waals surface area contributed by atoms with E-state index in [0.717, 1.165) is 11.1 Å². The van der Waals surface area contributed by atoms with E-state index in [0.29, 0.717) is 42.8 Å². The minimum absolute atomic E-state index is 0.0385. The third-order valence-electron chi connectivity index (χ3n) is 5.57. The fourth-order valence-electron chi connectivity index (χ4n) is 3.93. The maximum absolute atomic E-state index is 13.2. The molecule has 2 aromatic carbocycles. The molecule has 0 radical (unpaired) electrons. The lowest BCUT2D eigenvalue weighted by atomic mass is 10.0. The zero-order valence-electron chi connectivity index (χ0n) is 17.8. The summed E-state index contributed by atoms with van der Waals surface area (Å²) in [7, 11) is 0. The summed E-state index contributed by atoms with van der Waals surface area (Å²) < 4.78 is 5.06. The lowest BCUT2D eigenvalue weighted by molar-refractivity contribution is -0.133. The summed E-state index contributed by atoms with van der Waals surface area (Å²) in [5.41, 5.74) is 1.71. The highest BCUT2D eigenvalue weighted by Crippen LogP contribution is 2.25. The molecule has 2 heterocycles. The summed E-state index contributed by atoms with van der Waals surface area (Å²) in [5, 5.41) is 7.32. The molecular weight excluding hydrogens is 428 g/mol. The second-order valence-electron chi connectivity index (χ2n) is 7.81. The Morgan fingerprint density at radius 1 is 1.06 bits per heavy atom. The van der Waals surface area contributed by atoms with E-state index in [9.17, 15) is 9.59 Å². The van der Waals surface area contributed by atoms with Crippen LogP contribution in [-0.2, 0) is 16.0 Å². The molecule has 1 saturated heterocycles. The number of benzene rings is 2. The first-order valence-corrected chi connectivity index (χ1v) is 10.9. The Labute approximate surface area is 191 Å². The zero-order chi connectivity index (χ0) is 22.5. The van der Waals surface area contributed by atoms with Crippen LogP contribution in [0, 0.1) is 6.92 Å². The molecule has 3 aromatic rings. The maximum atomic E-state index is 13.2. The van der Waals surface area contributed by atoms with Gasteiger partial charge in [0, 0.05) is 37.3 Å². The molecule has 1 unspecified atom stereocenters. The van der Waals surface area contributed by atoms with E-state index in [1.807, 2.05) is 53.4 Å². The number of nitrogens with one attached hydrogen (secondary N) is 1. The average molecular weight is 453 g/mol. The van der Waals surface area contributed by atoms with Crippen LogP contribution in [0.5, 0.6) is 0 Å². The molecule has 8 heteroatoms. The first-order valence-electron chi connectivity index (χ1n) is 10.6. The summed E-state index contributed by atoms with van der Waals surface area (Å²) in [4.78, 5) is 29.9. The number of anilines is 1. The second-order valence-corrected chi connectivity index (χ2v) is 8.22. The van der Waals surface area contributed by atoms with E-state index < -0.39 is 6.04 Å². The number of nitrogens with zero attached hydrogens (tertiary/aromatic N) is 3. The molecule has 32 heavy (non-hydrogen) atoms. The van der Waals surface area contributed by atoms with Gasteiger partial charge in [0.05, 0.1) is 6.42 Å². The van der Waals surface area contributed by atoms with Gasteiger partial charge in [-0.25, -0.2) is 0 Å². The highest BCUT2D eigenvalue weighted by Gasteiger charge is 2.32. The predicted octanol–water partition coefficient (Wildman–Crippen LogP) is 3.70. The van der Waals surface area contributed by atoms with E-state index in [1.165, 1.54) is 0 Å². The van der Waals surface area contributed by atoms with Crippen molar-refractivity contribution < 1.29 is 14.1 Å². The van der Waals surface area contributed by atoms with Crippen LogP contribution in [0.25, 0.3) is 0 Å². The van der Waals surface area contributed by atoms with Gasteiger partial charge in [-0.05, 0) is 24.1 Å². The van der Waals surface area contributed by atoms with Gasteiger partial charge >= 0.3 is 0 Å². The number of amides is 2. The predicted molar refractivity (Wildman–Crippen MR) is 122 cm³/mol. The Bertz CT molecular complexity index is 1080. The molecule has 7 nitrogen and oxygen atoms in total. The number of carbonyl (C=O) groups is 2. The molecular formula is C24H25ClN4O3. The Balaban J connectivity index is 1.43. The van der Waals surface area contributed by atoms with Crippen molar-refractivity contribution in [3.8, 4) is 0 Å². The van der Waals surface area contributed by atoms with E-state index in [1.54, 1.807) is 19.1 Å².